The Hall–Kier alpha value is -3.53. The minimum absolute atomic E-state index is 0.126. The highest BCUT2D eigenvalue weighted by molar-refractivity contribution is 6.14. The van der Waals surface area contributed by atoms with Gasteiger partial charge in [0.2, 0.25) is 5.78 Å². The Morgan fingerprint density at radius 3 is 2.34 bits per heavy atom. The number of aryl methyl sites for hydroxylation is 1. The molecule has 1 aliphatic rings. The van der Waals surface area contributed by atoms with Gasteiger partial charge in [-0.1, -0.05) is 42.0 Å². The van der Waals surface area contributed by atoms with E-state index in [0.29, 0.717) is 36.0 Å². The van der Waals surface area contributed by atoms with Gasteiger partial charge in [-0.05, 0) is 55.3 Å². The number of rotatable bonds is 6. The lowest BCUT2D eigenvalue weighted by molar-refractivity contribution is 0.101. The average Bonchev–Trinajstić information content (AvgIpc) is 3.04. The van der Waals surface area contributed by atoms with Crippen LogP contribution in [-0.4, -0.2) is 12.4 Å². The normalized spacial score (nSPS) is 13.9. The Bertz CT molecular complexity index is 1050. The van der Waals surface area contributed by atoms with Gasteiger partial charge in [-0.2, -0.15) is 0 Å². The van der Waals surface area contributed by atoms with Crippen molar-refractivity contribution in [2.75, 3.05) is 6.61 Å². The van der Waals surface area contributed by atoms with Crippen LogP contribution >= 0.6 is 0 Å². The van der Waals surface area contributed by atoms with Crippen LogP contribution in [0.25, 0.3) is 6.08 Å². The van der Waals surface area contributed by atoms with Gasteiger partial charge < -0.3 is 14.2 Å². The second kappa shape index (κ2) is 8.23. The van der Waals surface area contributed by atoms with Crippen LogP contribution in [0.3, 0.4) is 0 Å². The number of hydrogen-bond donors (Lipinski definition) is 0. The fourth-order valence-electron chi connectivity index (χ4n) is 3.09. The van der Waals surface area contributed by atoms with E-state index in [1.807, 2.05) is 43.3 Å². The van der Waals surface area contributed by atoms with E-state index in [-0.39, 0.29) is 5.78 Å². The molecule has 1 aliphatic heterocycles. The van der Waals surface area contributed by atoms with E-state index >= 15 is 0 Å². The SMILES string of the molecule is CCOc1ccc(C=C2Oc3cc(OCc4ccc(C)cc4)ccc3C2=O)cc1. The molecule has 29 heavy (non-hydrogen) atoms. The van der Waals surface area contributed by atoms with Crippen molar-refractivity contribution in [2.24, 2.45) is 0 Å². The molecule has 0 unspecified atom stereocenters. The first-order valence-corrected chi connectivity index (χ1v) is 9.62. The van der Waals surface area contributed by atoms with Crippen LogP contribution in [0, 0.1) is 6.92 Å². The molecule has 146 valence electrons. The summed E-state index contributed by atoms with van der Waals surface area (Å²) in [4.78, 5) is 12.6. The Balaban J connectivity index is 1.47. The van der Waals surface area contributed by atoms with Gasteiger partial charge in [0.05, 0.1) is 12.2 Å². The molecule has 0 saturated heterocycles. The van der Waals surface area contributed by atoms with Crippen molar-refractivity contribution in [3.63, 3.8) is 0 Å². The number of carbonyl (C=O) groups is 1. The highest BCUT2D eigenvalue weighted by Gasteiger charge is 2.27. The molecule has 0 bridgehead atoms. The maximum absolute atomic E-state index is 12.6. The monoisotopic (exact) mass is 386 g/mol. The largest absolute Gasteiger partial charge is 0.494 e. The molecular formula is C25H22O4. The topological polar surface area (TPSA) is 44.8 Å². The van der Waals surface area contributed by atoms with Crippen LogP contribution in [-0.2, 0) is 6.61 Å². The number of hydrogen-bond acceptors (Lipinski definition) is 4. The molecule has 0 atom stereocenters. The van der Waals surface area contributed by atoms with Gasteiger partial charge in [0.25, 0.3) is 0 Å². The summed E-state index contributed by atoms with van der Waals surface area (Å²) in [7, 11) is 0. The van der Waals surface area contributed by atoms with E-state index in [1.54, 1.807) is 24.3 Å². The first-order chi connectivity index (χ1) is 14.1. The lowest BCUT2D eigenvalue weighted by Gasteiger charge is -2.07. The van der Waals surface area contributed by atoms with Crippen LogP contribution < -0.4 is 14.2 Å². The molecule has 0 spiro atoms. The lowest BCUT2D eigenvalue weighted by Crippen LogP contribution is -1.98. The smallest absolute Gasteiger partial charge is 0.231 e. The van der Waals surface area contributed by atoms with Crippen molar-refractivity contribution in [3.8, 4) is 17.2 Å². The third kappa shape index (κ3) is 4.32. The molecule has 0 amide bonds. The standard InChI is InChI=1S/C25H22O4/c1-3-27-20-10-8-18(9-11-20)14-24-25(26)22-13-12-21(15-23(22)29-24)28-16-19-6-4-17(2)5-7-19/h4-15H,3,16H2,1-2H3. The fraction of sp³-hybridized carbons (Fsp3) is 0.160. The van der Waals surface area contributed by atoms with Crippen molar-refractivity contribution in [2.45, 2.75) is 20.5 Å². The highest BCUT2D eigenvalue weighted by atomic mass is 16.5. The molecule has 0 radical (unpaired) electrons. The Morgan fingerprint density at radius 2 is 1.62 bits per heavy atom. The second-order valence-electron chi connectivity index (χ2n) is 6.87. The zero-order valence-electron chi connectivity index (χ0n) is 16.5. The molecular weight excluding hydrogens is 364 g/mol. The van der Waals surface area contributed by atoms with Gasteiger partial charge in [0.15, 0.2) is 5.76 Å². The summed E-state index contributed by atoms with van der Waals surface area (Å²) in [5, 5.41) is 0. The molecule has 4 rings (SSSR count). The lowest BCUT2D eigenvalue weighted by atomic mass is 10.1. The summed E-state index contributed by atoms with van der Waals surface area (Å²) < 4.78 is 17.1. The molecule has 0 saturated carbocycles. The quantitative estimate of drug-likeness (QED) is 0.518. The van der Waals surface area contributed by atoms with E-state index in [9.17, 15) is 4.79 Å². The molecule has 1 heterocycles. The summed E-state index contributed by atoms with van der Waals surface area (Å²) in [5.41, 5.74) is 3.72. The van der Waals surface area contributed by atoms with Crippen LogP contribution in [0.2, 0.25) is 0 Å². The van der Waals surface area contributed by atoms with Gasteiger partial charge in [-0.3, -0.25) is 4.79 Å². The minimum atomic E-state index is -0.126. The number of fused-ring (bicyclic) bond motifs is 1. The number of benzene rings is 3. The van der Waals surface area contributed by atoms with Crippen molar-refractivity contribution in [1.82, 2.24) is 0 Å². The molecule has 0 fully saturated rings. The summed E-state index contributed by atoms with van der Waals surface area (Å²) in [6, 6.07) is 21.1. The molecule has 3 aromatic carbocycles. The molecule has 0 N–H and O–H groups in total. The number of carbonyl (C=O) groups excluding carboxylic acids is 1. The summed E-state index contributed by atoms with van der Waals surface area (Å²) in [6.45, 7) is 5.07. The first kappa shape index (κ1) is 18.8. The maximum Gasteiger partial charge on any atom is 0.231 e. The Morgan fingerprint density at radius 1 is 0.897 bits per heavy atom. The number of allylic oxidation sites excluding steroid dienone is 1. The van der Waals surface area contributed by atoms with E-state index in [0.717, 1.165) is 16.9 Å². The summed E-state index contributed by atoms with van der Waals surface area (Å²) >= 11 is 0. The molecule has 0 aromatic heterocycles. The van der Waals surface area contributed by atoms with E-state index in [2.05, 4.69) is 19.1 Å². The van der Waals surface area contributed by atoms with Gasteiger partial charge in [-0.25, -0.2) is 0 Å². The molecule has 4 heteroatoms. The Labute approximate surface area is 170 Å². The predicted octanol–water partition coefficient (Wildman–Crippen LogP) is 5.59. The average molecular weight is 386 g/mol. The van der Waals surface area contributed by atoms with E-state index in [4.69, 9.17) is 14.2 Å². The van der Waals surface area contributed by atoms with E-state index < -0.39 is 0 Å². The van der Waals surface area contributed by atoms with Crippen LogP contribution in [0.4, 0.5) is 0 Å². The number of ether oxygens (including phenoxy) is 3. The van der Waals surface area contributed by atoms with Crippen molar-refractivity contribution >= 4 is 11.9 Å². The zero-order chi connectivity index (χ0) is 20.2. The van der Waals surface area contributed by atoms with Crippen LogP contribution in [0.1, 0.15) is 34.0 Å². The summed E-state index contributed by atoms with van der Waals surface area (Å²) in [5.74, 6) is 2.17. The van der Waals surface area contributed by atoms with Gasteiger partial charge in [0.1, 0.15) is 23.9 Å². The summed E-state index contributed by atoms with van der Waals surface area (Å²) in [6.07, 6.45) is 1.74. The predicted molar refractivity (Wildman–Crippen MR) is 112 cm³/mol. The van der Waals surface area contributed by atoms with Gasteiger partial charge in [0, 0.05) is 6.07 Å². The van der Waals surface area contributed by atoms with Gasteiger partial charge >= 0.3 is 0 Å². The number of Topliss-reactive ketones (excluding diaryl/α,β-unsaturated/α-hetero) is 1. The van der Waals surface area contributed by atoms with Crippen LogP contribution in [0.5, 0.6) is 17.2 Å². The minimum Gasteiger partial charge on any atom is -0.494 e. The van der Waals surface area contributed by atoms with Crippen molar-refractivity contribution < 1.29 is 19.0 Å². The number of ketones is 1. The maximum atomic E-state index is 12.6. The zero-order valence-corrected chi connectivity index (χ0v) is 16.5. The molecule has 4 nitrogen and oxygen atoms in total. The van der Waals surface area contributed by atoms with Gasteiger partial charge in [-0.15, -0.1) is 0 Å². The van der Waals surface area contributed by atoms with Crippen LogP contribution in [0.15, 0.2) is 72.5 Å². The van der Waals surface area contributed by atoms with Crippen molar-refractivity contribution in [1.29, 1.82) is 0 Å². The molecule has 3 aromatic rings. The Kier molecular flexibility index (Phi) is 5.34. The van der Waals surface area contributed by atoms with Crippen molar-refractivity contribution in [3.05, 3.63) is 94.7 Å². The molecule has 0 aliphatic carbocycles. The second-order valence-corrected chi connectivity index (χ2v) is 6.87. The third-order valence-electron chi connectivity index (χ3n) is 4.66. The highest BCUT2D eigenvalue weighted by Crippen LogP contribution is 2.35. The first-order valence-electron chi connectivity index (χ1n) is 9.62. The third-order valence-corrected chi connectivity index (χ3v) is 4.66. The van der Waals surface area contributed by atoms with E-state index in [1.165, 1.54) is 5.56 Å². The fourth-order valence-corrected chi connectivity index (χ4v) is 3.09.